The van der Waals surface area contributed by atoms with Gasteiger partial charge in [0.05, 0.1) is 53.8 Å². The number of amides is 1. The average molecular weight is 511 g/mol. The van der Waals surface area contributed by atoms with Gasteiger partial charge in [0.15, 0.2) is 0 Å². The molecule has 0 spiro atoms. The molecular formula is C25H25F3N8O. The van der Waals surface area contributed by atoms with Gasteiger partial charge in [0.25, 0.3) is 5.91 Å². The van der Waals surface area contributed by atoms with E-state index < -0.39 is 17.8 Å². The Labute approximate surface area is 210 Å². The maximum atomic E-state index is 12.9. The molecule has 1 unspecified atom stereocenters. The fraction of sp³-hybridized carbons (Fsp3) is 0.320. The molecule has 2 N–H and O–H groups in total. The predicted molar refractivity (Wildman–Crippen MR) is 131 cm³/mol. The maximum Gasteiger partial charge on any atom is 0.416 e. The van der Waals surface area contributed by atoms with Gasteiger partial charge >= 0.3 is 6.18 Å². The van der Waals surface area contributed by atoms with Crippen LogP contribution in [-0.2, 0) is 6.18 Å². The molecule has 1 aromatic carbocycles. The minimum Gasteiger partial charge on any atom is -0.343 e. The number of carbonyl (C=O) groups is 1. The van der Waals surface area contributed by atoms with Crippen molar-refractivity contribution in [2.24, 2.45) is 0 Å². The second kappa shape index (κ2) is 9.77. The molecule has 1 fully saturated rings. The molecule has 1 saturated heterocycles. The van der Waals surface area contributed by atoms with Crippen molar-refractivity contribution in [3.8, 4) is 0 Å². The zero-order valence-corrected chi connectivity index (χ0v) is 20.2. The van der Waals surface area contributed by atoms with Crippen LogP contribution in [0.3, 0.4) is 0 Å². The lowest BCUT2D eigenvalue weighted by Crippen LogP contribution is -2.47. The molecule has 1 aliphatic rings. The second-order valence-electron chi connectivity index (χ2n) is 8.94. The number of likely N-dealkylation sites (N-methyl/N-ethyl adjacent to an activating group) is 1. The normalized spacial score (nSPS) is 15.4. The number of anilines is 2. The molecular weight excluding hydrogens is 485 g/mol. The van der Waals surface area contributed by atoms with Crippen LogP contribution in [0.25, 0.3) is 11.0 Å². The minimum atomic E-state index is -4.39. The number of halogens is 3. The van der Waals surface area contributed by atoms with E-state index in [0.717, 1.165) is 42.8 Å². The highest BCUT2D eigenvalue weighted by Crippen LogP contribution is 2.30. The fourth-order valence-corrected chi connectivity index (χ4v) is 4.18. The summed E-state index contributed by atoms with van der Waals surface area (Å²) in [5.41, 5.74) is 2.12. The molecule has 0 bridgehead atoms. The molecule has 192 valence electrons. The summed E-state index contributed by atoms with van der Waals surface area (Å²) in [6.45, 7) is 6.81. The van der Waals surface area contributed by atoms with E-state index in [1.807, 2.05) is 0 Å². The van der Waals surface area contributed by atoms with Gasteiger partial charge in [-0.25, -0.2) is 15.0 Å². The number of hydrogen-bond donors (Lipinski definition) is 2. The van der Waals surface area contributed by atoms with Crippen molar-refractivity contribution in [3.63, 3.8) is 0 Å². The maximum absolute atomic E-state index is 12.9. The number of hydrogen-bond acceptors (Lipinski definition) is 7. The van der Waals surface area contributed by atoms with Gasteiger partial charge in [-0.2, -0.15) is 13.2 Å². The molecule has 1 amide bonds. The summed E-state index contributed by atoms with van der Waals surface area (Å²) in [6.07, 6.45) is 1.96. The summed E-state index contributed by atoms with van der Waals surface area (Å²) in [5, 5.41) is 5.79. The van der Waals surface area contributed by atoms with E-state index in [4.69, 9.17) is 0 Å². The zero-order chi connectivity index (χ0) is 26.2. The highest BCUT2D eigenvalue weighted by Gasteiger charge is 2.30. The van der Waals surface area contributed by atoms with Gasteiger partial charge in [0.1, 0.15) is 17.0 Å². The molecule has 0 aliphatic carbocycles. The molecule has 1 atom stereocenters. The van der Waals surface area contributed by atoms with Crippen LogP contribution in [0.4, 0.5) is 24.7 Å². The lowest BCUT2D eigenvalue weighted by atomic mass is 10.1. The monoisotopic (exact) mass is 510 g/mol. The number of fused-ring (bicyclic) bond motifs is 1. The van der Waals surface area contributed by atoms with E-state index in [9.17, 15) is 18.0 Å². The van der Waals surface area contributed by atoms with Crippen LogP contribution in [0.1, 0.15) is 47.7 Å². The van der Waals surface area contributed by atoms with Gasteiger partial charge < -0.3 is 15.2 Å². The lowest BCUT2D eigenvalue weighted by Gasteiger charge is -2.39. The van der Waals surface area contributed by atoms with Crippen molar-refractivity contribution >= 4 is 28.4 Å². The molecule has 4 aromatic rings. The molecule has 12 heteroatoms. The van der Waals surface area contributed by atoms with E-state index >= 15 is 0 Å². The summed E-state index contributed by atoms with van der Waals surface area (Å²) in [4.78, 5) is 32.5. The van der Waals surface area contributed by atoms with Gasteiger partial charge in [0, 0.05) is 18.8 Å². The van der Waals surface area contributed by atoms with E-state index in [1.54, 1.807) is 25.5 Å². The molecule has 4 heterocycles. The third kappa shape index (κ3) is 5.24. The average Bonchev–Trinajstić information content (AvgIpc) is 3.26. The SMILES string of the molecule is CCN1CC(n2cnc3cnc(C(=O)NC(C)c4cnc(Nc5ccc(C(F)(F)F)cc5)cn4)cc32)C1. The highest BCUT2D eigenvalue weighted by molar-refractivity contribution is 5.95. The van der Waals surface area contributed by atoms with E-state index in [2.05, 4.69) is 47.0 Å². The quantitative estimate of drug-likeness (QED) is 0.381. The number of carbonyl (C=O) groups excluding carboxylic acids is 1. The highest BCUT2D eigenvalue weighted by atomic mass is 19.4. The number of nitrogens with zero attached hydrogens (tertiary/aromatic N) is 6. The van der Waals surface area contributed by atoms with Crippen molar-refractivity contribution in [2.45, 2.75) is 32.1 Å². The zero-order valence-electron chi connectivity index (χ0n) is 20.2. The largest absolute Gasteiger partial charge is 0.416 e. The van der Waals surface area contributed by atoms with E-state index in [0.29, 0.717) is 23.2 Å². The molecule has 0 radical (unpaired) electrons. The summed E-state index contributed by atoms with van der Waals surface area (Å²) in [5.74, 6) is 0.0137. The first-order valence-corrected chi connectivity index (χ1v) is 11.8. The van der Waals surface area contributed by atoms with Crippen LogP contribution in [0.5, 0.6) is 0 Å². The number of rotatable bonds is 7. The molecule has 5 rings (SSSR count). The van der Waals surface area contributed by atoms with Crippen LogP contribution < -0.4 is 10.6 Å². The van der Waals surface area contributed by atoms with E-state index in [1.165, 1.54) is 24.5 Å². The Kier molecular flexibility index (Phi) is 6.50. The molecule has 37 heavy (non-hydrogen) atoms. The summed E-state index contributed by atoms with van der Waals surface area (Å²) < 4.78 is 40.3. The van der Waals surface area contributed by atoms with Crippen molar-refractivity contribution in [2.75, 3.05) is 25.0 Å². The Balaban J connectivity index is 1.22. The summed E-state index contributed by atoms with van der Waals surface area (Å²) in [6, 6.07) is 6.25. The molecule has 0 saturated carbocycles. The number of alkyl halides is 3. The Bertz CT molecular complexity index is 1400. The Morgan fingerprint density at radius 2 is 1.84 bits per heavy atom. The number of pyridine rings is 1. The van der Waals surface area contributed by atoms with Crippen LogP contribution in [0, 0.1) is 0 Å². The molecule has 3 aromatic heterocycles. The van der Waals surface area contributed by atoms with Crippen molar-refractivity contribution in [3.05, 3.63) is 72.2 Å². The second-order valence-corrected chi connectivity index (χ2v) is 8.94. The first kappa shape index (κ1) is 24.6. The van der Waals surface area contributed by atoms with Gasteiger partial charge in [0.2, 0.25) is 0 Å². The van der Waals surface area contributed by atoms with Gasteiger partial charge in [-0.3, -0.25) is 14.7 Å². The number of nitrogens with one attached hydrogen (secondary N) is 2. The minimum absolute atomic E-state index is 0.279. The number of benzene rings is 1. The van der Waals surface area contributed by atoms with Crippen LogP contribution in [0.15, 0.2) is 55.2 Å². The molecule has 1 aliphatic heterocycles. The summed E-state index contributed by atoms with van der Waals surface area (Å²) >= 11 is 0. The van der Waals surface area contributed by atoms with Crippen molar-refractivity contribution < 1.29 is 18.0 Å². The Morgan fingerprint density at radius 3 is 2.49 bits per heavy atom. The van der Waals surface area contributed by atoms with Crippen molar-refractivity contribution in [1.29, 1.82) is 0 Å². The fourth-order valence-electron chi connectivity index (χ4n) is 4.18. The first-order chi connectivity index (χ1) is 17.7. The van der Waals surface area contributed by atoms with Crippen LogP contribution in [-0.4, -0.2) is 54.9 Å². The Hall–Kier alpha value is -4.06. The standard InChI is InChI=1S/C25H25F3N8O/c1-3-35-12-18(13-35)36-14-32-21-10-29-19(8-22(21)36)24(37)33-15(2)20-9-31-23(11-30-20)34-17-6-4-16(5-7-17)25(26,27)28/h4-11,14-15,18H,3,12-13H2,1-2H3,(H,31,34)(H,33,37). The molecule has 9 nitrogen and oxygen atoms in total. The Morgan fingerprint density at radius 1 is 1.08 bits per heavy atom. The van der Waals surface area contributed by atoms with Crippen molar-refractivity contribution in [1.82, 2.24) is 34.7 Å². The number of likely N-dealkylation sites (tertiary alicyclic amines) is 1. The van der Waals surface area contributed by atoms with Gasteiger partial charge in [-0.15, -0.1) is 0 Å². The number of aromatic nitrogens is 5. The number of imidazole rings is 1. The third-order valence-corrected chi connectivity index (χ3v) is 6.42. The smallest absolute Gasteiger partial charge is 0.343 e. The first-order valence-electron chi connectivity index (χ1n) is 11.8. The summed E-state index contributed by atoms with van der Waals surface area (Å²) in [7, 11) is 0. The topological polar surface area (TPSA) is 101 Å². The van der Waals surface area contributed by atoms with Gasteiger partial charge in [-0.1, -0.05) is 6.92 Å². The third-order valence-electron chi connectivity index (χ3n) is 6.42. The van der Waals surface area contributed by atoms with E-state index in [-0.39, 0.29) is 11.6 Å². The van der Waals surface area contributed by atoms with Crippen LogP contribution in [0.2, 0.25) is 0 Å². The predicted octanol–water partition coefficient (Wildman–Crippen LogP) is 4.35. The van der Waals surface area contributed by atoms with Crippen LogP contribution >= 0.6 is 0 Å². The lowest BCUT2D eigenvalue weighted by molar-refractivity contribution is -0.137. The van der Waals surface area contributed by atoms with Gasteiger partial charge in [-0.05, 0) is 43.8 Å².